The lowest BCUT2D eigenvalue weighted by molar-refractivity contribution is -0.131. The summed E-state index contributed by atoms with van der Waals surface area (Å²) < 4.78 is 5.92. The Morgan fingerprint density at radius 3 is 2.65 bits per heavy atom. The first kappa shape index (κ1) is 16.0. The third-order valence-electron chi connectivity index (χ3n) is 3.58. The Morgan fingerprint density at radius 2 is 2.04 bits per heavy atom. The molecular weight excluding hydrogens is 336 g/mol. The number of hydrogen-bond donors (Lipinski definition) is 0. The maximum absolute atomic E-state index is 12.5. The molecule has 23 heavy (non-hydrogen) atoms. The van der Waals surface area contributed by atoms with Gasteiger partial charge in [-0.25, -0.2) is 0 Å². The highest BCUT2D eigenvalue weighted by molar-refractivity contribution is 8.02. The number of amides is 2. The smallest absolute Gasteiger partial charge is 0.289 e. The van der Waals surface area contributed by atoms with E-state index in [2.05, 4.69) is 10.2 Å². The van der Waals surface area contributed by atoms with E-state index in [-0.39, 0.29) is 17.1 Å². The van der Waals surface area contributed by atoms with Gasteiger partial charge in [-0.1, -0.05) is 23.1 Å². The molecule has 1 saturated heterocycles. The van der Waals surface area contributed by atoms with Gasteiger partial charge < -0.3 is 14.2 Å². The van der Waals surface area contributed by atoms with E-state index in [9.17, 15) is 9.59 Å². The van der Waals surface area contributed by atoms with Gasteiger partial charge in [0.15, 0.2) is 10.1 Å². The highest BCUT2D eigenvalue weighted by Gasteiger charge is 2.28. The number of hydrogen-bond acceptors (Lipinski definition) is 7. The summed E-state index contributed by atoms with van der Waals surface area (Å²) in [4.78, 5) is 28.2. The Hall–Kier alpha value is -1.87. The van der Waals surface area contributed by atoms with Crippen LogP contribution in [0.25, 0.3) is 0 Å². The highest BCUT2D eigenvalue weighted by Crippen LogP contribution is 2.25. The molecule has 0 radical (unpaired) electrons. The number of thioether (sulfide) groups is 1. The number of rotatable bonds is 4. The molecule has 3 heterocycles. The molecule has 0 aromatic carbocycles. The highest BCUT2D eigenvalue weighted by atomic mass is 32.2. The second kappa shape index (κ2) is 7.14. The van der Waals surface area contributed by atoms with Crippen LogP contribution in [0.1, 0.15) is 17.5 Å². The summed E-state index contributed by atoms with van der Waals surface area (Å²) in [7, 11) is 0. The van der Waals surface area contributed by atoms with E-state index in [1.54, 1.807) is 27.4 Å². The zero-order chi connectivity index (χ0) is 16.2. The molecule has 0 spiro atoms. The molecule has 0 bridgehead atoms. The van der Waals surface area contributed by atoms with Gasteiger partial charge in [-0.05, 0) is 19.1 Å². The number of aromatic nitrogens is 2. The van der Waals surface area contributed by atoms with Crippen LogP contribution >= 0.6 is 23.1 Å². The number of carbonyl (C=O) groups is 2. The van der Waals surface area contributed by atoms with E-state index in [0.29, 0.717) is 31.9 Å². The molecule has 2 amide bonds. The van der Waals surface area contributed by atoms with Crippen LogP contribution in [0.5, 0.6) is 0 Å². The fourth-order valence-corrected chi connectivity index (χ4v) is 4.07. The normalized spacial score (nSPS) is 16.4. The summed E-state index contributed by atoms with van der Waals surface area (Å²) in [5.74, 6) is 0.277. The van der Waals surface area contributed by atoms with Gasteiger partial charge in [0, 0.05) is 26.2 Å². The number of nitrogens with zero attached hydrogens (tertiary/aromatic N) is 4. The van der Waals surface area contributed by atoms with Gasteiger partial charge in [0.1, 0.15) is 5.51 Å². The van der Waals surface area contributed by atoms with E-state index in [1.165, 1.54) is 29.4 Å². The van der Waals surface area contributed by atoms with Crippen LogP contribution in [0.3, 0.4) is 0 Å². The zero-order valence-corrected chi connectivity index (χ0v) is 14.2. The largest absolute Gasteiger partial charge is 0.459 e. The van der Waals surface area contributed by atoms with Crippen molar-refractivity contribution in [3.63, 3.8) is 0 Å². The van der Waals surface area contributed by atoms with Crippen LogP contribution in [-0.2, 0) is 4.79 Å². The van der Waals surface area contributed by atoms with Crippen LogP contribution in [0.15, 0.2) is 32.7 Å². The zero-order valence-electron chi connectivity index (χ0n) is 12.5. The standard InChI is InChI=1S/C14H16N4O3S2/c1-10(23-14-16-15-9-22-14)12(19)17-4-6-18(7-5-17)13(20)11-3-2-8-21-11/h2-3,8-10H,4-7H2,1H3/t10-/m1/s1. The molecular formula is C14H16N4O3S2. The molecule has 1 aliphatic heterocycles. The maximum Gasteiger partial charge on any atom is 0.289 e. The topological polar surface area (TPSA) is 79.5 Å². The molecule has 0 aliphatic carbocycles. The van der Waals surface area contributed by atoms with Crippen LogP contribution < -0.4 is 0 Å². The van der Waals surface area contributed by atoms with Crippen LogP contribution in [-0.4, -0.2) is 63.2 Å². The molecule has 1 atom stereocenters. The van der Waals surface area contributed by atoms with Gasteiger partial charge >= 0.3 is 0 Å². The van der Waals surface area contributed by atoms with E-state index in [1.807, 2.05) is 6.92 Å². The second-order valence-corrected chi connectivity index (χ2v) is 7.48. The number of furan rings is 1. The predicted octanol–water partition coefficient (Wildman–Crippen LogP) is 1.60. The van der Waals surface area contributed by atoms with E-state index < -0.39 is 0 Å². The van der Waals surface area contributed by atoms with Crippen LogP contribution in [0.2, 0.25) is 0 Å². The quantitative estimate of drug-likeness (QED) is 0.778. The molecule has 1 fully saturated rings. The van der Waals surface area contributed by atoms with Crippen molar-refractivity contribution in [1.82, 2.24) is 20.0 Å². The average Bonchev–Trinajstić information content (AvgIpc) is 3.27. The molecule has 122 valence electrons. The Kier molecular flexibility index (Phi) is 4.97. The first-order chi connectivity index (χ1) is 11.1. The van der Waals surface area contributed by atoms with Crippen molar-refractivity contribution in [2.75, 3.05) is 26.2 Å². The van der Waals surface area contributed by atoms with Gasteiger partial charge in [-0.2, -0.15) is 0 Å². The van der Waals surface area contributed by atoms with Gasteiger partial charge in [-0.15, -0.1) is 10.2 Å². The van der Waals surface area contributed by atoms with Crippen molar-refractivity contribution in [2.45, 2.75) is 16.5 Å². The van der Waals surface area contributed by atoms with Crippen molar-refractivity contribution in [3.05, 3.63) is 29.7 Å². The summed E-state index contributed by atoms with van der Waals surface area (Å²) >= 11 is 2.84. The summed E-state index contributed by atoms with van der Waals surface area (Å²) in [6.45, 7) is 3.97. The lowest BCUT2D eigenvalue weighted by Gasteiger charge is -2.35. The summed E-state index contributed by atoms with van der Waals surface area (Å²) in [5, 5.41) is 7.50. The minimum Gasteiger partial charge on any atom is -0.459 e. The Labute approximate surface area is 141 Å². The second-order valence-electron chi connectivity index (χ2n) is 5.06. The maximum atomic E-state index is 12.5. The molecule has 0 saturated carbocycles. The number of piperazine rings is 1. The van der Waals surface area contributed by atoms with Crippen molar-refractivity contribution in [3.8, 4) is 0 Å². The Morgan fingerprint density at radius 1 is 1.30 bits per heavy atom. The van der Waals surface area contributed by atoms with Crippen molar-refractivity contribution >= 4 is 34.9 Å². The molecule has 0 N–H and O–H groups in total. The van der Waals surface area contributed by atoms with Gasteiger partial charge in [-0.3, -0.25) is 9.59 Å². The van der Waals surface area contributed by atoms with Crippen molar-refractivity contribution in [1.29, 1.82) is 0 Å². The molecule has 7 nitrogen and oxygen atoms in total. The summed E-state index contributed by atoms with van der Waals surface area (Å²) in [6, 6.07) is 3.35. The third kappa shape index (κ3) is 3.73. The third-order valence-corrected chi connectivity index (χ3v) is 5.47. The van der Waals surface area contributed by atoms with Crippen molar-refractivity contribution < 1.29 is 14.0 Å². The molecule has 2 aromatic heterocycles. The summed E-state index contributed by atoms with van der Waals surface area (Å²) in [6.07, 6.45) is 1.49. The van der Waals surface area contributed by atoms with Gasteiger partial charge in [0.25, 0.3) is 5.91 Å². The minimum atomic E-state index is -0.213. The monoisotopic (exact) mass is 352 g/mol. The fraction of sp³-hybridized carbons (Fsp3) is 0.429. The lowest BCUT2D eigenvalue weighted by Crippen LogP contribution is -2.52. The lowest BCUT2D eigenvalue weighted by atomic mass is 10.2. The molecule has 1 aliphatic rings. The average molecular weight is 352 g/mol. The van der Waals surface area contributed by atoms with Gasteiger partial charge in [0.05, 0.1) is 11.5 Å². The Bertz CT molecular complexity index is 652. The Balaban J connectivity index is 1.52. The van der Waals surface area contributed by atoms with E-state index in [0.717, 1.165) is 4.34 Å². The summed E-state index contributed by atoms with van der Waals surface area (Å²) in [5.41, 5.74) is 1.65. The van der Waals surface area contributed by atoms with Crippen LogP contribution in [0.4, 0.5) is 0 Å². The minimum absolute atomic E-state index is 0.0651. The fourth-order valence-electron chi connectivity index (χ4n) is 2.36. The van der Waals surface area contributed by atoms with Crippen LogP contribution in [0, 0.1) is 0 Å². The van der Waals surface area contributed by atoms with Gasteiger partial charge in [0.2, 0.25) is 5.91 Å². The van der Waals surface area contributed by atoms with E-state index >= 15 is 0 Å². The SMILES string of the molecule is C[C@@H](Sc1nncs1)C(=O)N1CCN(C(=O)c2ccco2)CC1. The molecule has 0 unspecified atom stereocenters. The molecule has 2 aromatic rings. The predicted molar refractivity (Wildman–Crippen MR) is 86.4 cm³/mol. The first-order valence-corrected chi connectivity index (χ1v) is 8.95. The molecule has 3 rings (SSSR count). The van der Waals surface area contributed by atoms with E-state index in [4.69, 9.17) is 4.42 Å². The first-order valence-electron chi connectivity index (χ1n) is 7.19. The van der Waals surface area contributed by atoms with Crippen molar-refractivity contribution in [2.24, 2.45) is 0 Å². The molecule has 9 heteroatoms. The number of carbonyl (C=O) groups excluding carboxylic acids is 2.